The number of halogens is 1. The second-order valence-corrected chi connectivity index (χ2v) is 5.79. The predicted molar refractivity (Wildman–Crippen MR) is 95.6 cm³/mol. The number of nitrogens with zero attached hydrogens (tertiary/aromatic N) is 3. The van der Waals surface area contributed by atoms with Crippen LogP contribution in [0.4, 0.5) is 0 Å². The number of hydrogen-bond acceptors (Lipinski definition) is 3. The van der Waals surface area contributed by atoms with E-state index < -0.39 is 0 Å². The first kappa shape index (κ1) is 16.2. The monoisotopic (exact) mass is 340 g/mol. The zero-order chi connectivity index (χ0) is 16.8. The summed E-state index contributed by atoms with van der Waals surface area (Å²) < 4.78 is 1.98. The van der Waals surface area contributed by atoms with Gasteiger partial charge in [-0.25, -0.2) is 9.97 Å². The molecule has 24 heavy (non-hydrogen) atoms. The number of nitrogens with one attached hydrogen (secondary N) is 1. The quantitative estimate of drug-likeness (QED) is 0.553. The van der Waals surface area contributed by atoms with Crippen LogP contribution >= 0.6 is 11.6 Å². The van der Waals surface area contributed by atoms with Crippen LogP contribution in [0.1, 0.15) is 12.1 Å². The summed E-state index contributed by atoms with van der Waals surface area (Å²) in [7, 11) is 0. The molecule has 0 saturated heterocycles. The van der Waals surface area contributed by atoms with Gasteiger partial charge in [-0.3, -0.25) is 4.79 Å². The molecular weight excluding hydrogens is 324 g/mol. The maximum Gasteiger partial charge on any atom is 0.244 e. The third-order valence-corrected chi connectivity index (χ3v) is 3.77. The Morgan fingerprint density at radius 1 is 1.29 bits per heavy atom. The molecule has 6 heteroatoms. The number of carbonyl (C=O) groups is 1. The van der Waals surface area contributed by atoms with Gasteiger partial charge in [0.25, 0.3) is 0 Å². The zero-order valence-corrected chi connectivity index (χ0v) is 13.8. The lowest BCUT2D eigenvalue weighted by molar-refractivity contribution is -0.116. The Kier molecular flexibility index (Phi) is 5.23. The maximum atomic E-state index is 11.8. The molecule has 0 radical (unpaired) electrons. The van der Waals surface area contributed by atoms with E-state index in [4.69, 9.17) is 11.6 Å². The van der Waals surface area contributed by atoms with Crippen molar-refractivity contribution in [3.63, 3.8) is 0 Å². The minimum absolute atomic E-state index is 0.131. The summed E-state index contributed by atoms with van der Waals surface area (Å²) in [5, 5.41) is 4.51. The lowest BCUT2D eigenvalue weighted by Gasteiger charge is -2.03. The van der Waals surface area contributed by atoms with Crippen molar-refractivity contribution in [1.82, 2.24) is 19.9 Å². The van der Waals surface area contributed by atoms with Gasteiger partial charge in [-0.05, 0) is 30.7 Å². The fourth-order valence-corrected chi connectivity index (χ4v) is 2.48. The second-order valence-electron chi connectivity index (χ2n) is 5.35. The third-order valence-electron chi connectivity index (χ3n) is 3.53. The molecule has 5 nitrogen and oxygen atoms in total. The van der Waals surface area contributed by atoms with Crippen molar-refractivity contribution in [2.75, 3.05) is 6.54 Å². The summed E-state index contributed by atoms with van der Waals surface area (Å²) in [4.78, 5) is 20.3. The molecule has 2 aromatic heterocycles. The largest absolute Gasteiger partial charge is 0.352 e. The number of hydrogen-bond donors (Lipinski definition) is 1. The Bertz CT molecular complexity index is 859. The zero-order valence-electron chi connectivity index (χ0n) is 13.0. The van der Waals surface area contributed by atoms with Crippen LogP contribution in [0.5, 0.6) is 0 Å². The highest BCUT2D eigenvalue weighted by Crippen LogP contribution is 2.18. The molecular formula is C18H17ClN4O. The number of imidazole rings is 1. The van der Waals surface area contributed by atoms with Crippen LogP contribution < -0.4 is 5.32 Å². The number of aryl methyl sites for hydroxylation is 1. The fraction of sp³-hybridized carbons (Fsp3) is 0.167. The minimum Gasteiger partial charge on any atom is -0.352 e. The van der Waals surface area contributed by atoms with Crippen molar-refractivity contribution < 1.29 is 4.79 Å². The Labute approximate surface area is 145 Å². The molecule has 0 bridgehead atoms. The van der Waals surface area contributed by atoms with Crippen LogP contribution in [0.15, 0.2) is 55.1 Å². The van der Waals surface area contributed by atoms with E-state index in [9.17, 15) is 4.79 Å². The average molecular weight is 341 g/mol. The molecule has 0 saturated carbocycles. The number of pyridine rings is 1. The Balaban J connectivity index is 1.52. The van der Waals surface area contributed by atoms with Crippen molar-refractivity contribution in [1.29, 1.82) is 0 Å². The molecule has 1 amide bonds. The van der Waals surface area contributed by atoms with E-state index >= 15 is 0 Å². The highest BCUT2D eigenvalue weighted by Gasteiger charge is 1.99. The first-order valence-electron chi connectivity index (χ1n) is 7.69. The lowest BCUT2D eigenvalue weighted by Crippen LogP contribution is -2.23. The minimum atomic E-state index is -0.131. The van der Waals surface area contributed by atoms with Gasteiger partial charge in [0, 0.05) is 42.0 Å². The molecule has 0 unspecified atom stereocenters. The van der Waals surface area contributed by atoms with E-state index in [0.717, 1.165) is 29.6 Å². The van der Waals surface area contributed by atoms with Crippen molar-refractivity contribution >= 4 is 34.5 Å². The summed E-state index contributed by atoms with van der Waals surface area (Å²) >= 11 is 5.98. The molecule has 0 fully saturated rings. The topological polar surface area (TPSA) is 59.8 Å². The number of carbonyl (C=O) groups excluding carboxylic acids is 1. The highest BCUT2D eigenvalue weighted by molar-refractivity contribution is 6.31. The van der Waals surface area contributed by atoms with E-state index in [1.54, 1.807) is 18.6 Å². The molecule has 0 atom stereocenters. The van der Waals surface area contributed by atoms with Gasteiger partial charge in [0.2, 0.25) is 5.91 Å². The Hall–Kier alpha value is -2.66. The van der Waals surface area contributed by atoms with E-state index in [1.807, 2.05) is 41.1 Å². The average Bonchev–Trinajstić information content (AvgIpc) is 3.10. The second kappa shape index (κ2) is 7.75. The third kappa shape index (κ3) is 4.43. The van der Waals surface area contributed by atoms with Crippen LogP contribution in [0.2, 0.25) is 5.02 Å². The number of rotatable bonds is 6. The van der Waals surface area contributed by atoms with Crippen LogP contribution in [-0.4, -0.2) is 27.0 Å². The molecule has 0 spiro atoms. The fourth-order valence-electron chi connectivity index (χ4n) is 2.31. The molecule has 0 aliphatic carbocycles. The molecule has 3 aromatic rings. The number of amides is 1. The molecule has 122 valence electrons. The standard InChI is InChI=1S/C18H17ClN4O/c19-15-4-2-14-3-5-16(22-17(14)12-15)6-7-18(24)21-8-1-10-23-11-9-20-13-23/h2-7,9,11-13H,1,8,10H2,(H,21,24)/b7-6+. The summed E-state index contributed by atoms with van der Waals surface area (Å²) in [6.45, 7) is 1.44. The van der Waals surface area contributed by atoms with E-state index in [1.165, 1.54) is 6.08 Å². The predicted octanol–water partition coefficient (Wildman–Crippen LogP) is 3.30. The van der Waals surface area contributed by atoms with Crippen molar-refractivity contribution in [3.05, 3.63) is 65.8 Å². The van der Waals surface area contributed by atoms with Crippen molar-refractivity contribution in [2.45, 2.75) is 13.0 Å². The molecule has 0 aliphatic heterocycles. The van der Waals surface area contributed by atoms with Gasteiger partial charge in [-0.1, -0.05) is 23.7 Å². The van der Waals surface area contributed by atoms with E-state index in [-0.39, 0.29) is 5.91 Å². The van der Waals surface area contributed by atoms with Crippen LogP contribution in [0.3, 0.4) is 0 Å². The highest BCUT2D eigenvalue weighted by atomic mass is 35.5. The van der Waals surface area contributed by atoms with Crippen LogP contribution in [0.25, 0.3) is 17.0 Å². The van der Waals surface area contributed by atoms with Gasteiger partial charge >= 0.3 is 0 Å². The Morgan fingerprint density at radius 2 is 2.17 bits per heavy atom. The summed E-state index contributed by atoms with van der Waals surface area (Å²) in [6, 6.07) is 9.40. The van der Waals surface area contributed by atoms with Crippen LogP contribution in [0, 0.1) is 0 Å². The van der Waals surface area contributed by atoms with Gasteiger partial charge in [-0.15, -0.1) is 0 Å². The first-order valence-corrected chi connectivity index (χ1v) is 8.06. The number of aromatic nitrogens is 3. The van der Waals surface area contributed by atoms with E-state index in [2.05, 4.69) is 15.3 Å². The van der Waals surface area contributed by atoms with Gasteiger partial charge in [0.1, 0.15) is 0 Å². The SMILES string of the molecule is O=C(/C=C/c1ccc2ccc(Cl)cc2n1)NCCCn1ccnc1. The molecule has 2 heterocycles. The first-order chi connectivity index (χ1) is 11.7. The van der Waals surface area contributed by atoms with Gasteiger partial charge in [-0.2, -0.15) is 0 Å². The van der Waals surface area contributed by atoms with Crippen molar-refractivity contribution in [2.24, 2.45) is 0 Å². The van der Waals surface area contributed by atoms with Gasteiger partial charge in [0.15, 0.2) is 0 Å². The summed E-state index contributed by atoms with van der Waals surface area (Å²) in [6.07, 6.45) is 9.45. The molecule has 3 rings (SSSR count). The molecule has 0 aliphatic rings. The van der Waals surface area contributed by atoms with Crippen molar-refractivity contribution in [3.8, 4) is 0 Å². The maximum absolute atomic E-state index is 11.8. The summed E-state index contributed by atoms with van der Waals surface area (Å²) in [5.74, 6) is -0.131. The lowest BCUT2D eigenvalue weighted by atomic mass is 10.2. The summed E-state index contributed by atoms with van der Waals surface area (Å²) in [5.41, 5.74) is 1.53. The smallest absolute Gasteiger partial charge is 0.244 e. The van der Waals surface area contributed by atoms with Gasteiger partial charge in [0.05, 0.1) is 17.5 Å². The number of benzene rings is 1. The normalized spacial score (nSPS) is 11.2. The molecule has 1 aromatic carbocycles. The number of fused-ring (bicyclic) bond motifs is 1. The van der Waals surface area contributed by atoms with E-state index in [0.29, 0.717) is 11.6 Å². The van der Waals surface area contributed by atoms with Crippen LogP contribution in [-0.2, 0) is 11.3 Å². The molecule has 1 N–H and O–H groups in total. The Morgan fingerprint density at radius 3 is 3.00 bits per heavy atom. The van der Waals surface area contributed by atoms with Gasteiger partial charge < -0.3 is 9.88 Å².